The number of nitrogens with zero attached hydrogens (tertiary/aromatic N) is 2. The molecule has 0 aliphatic carbocycles. The van der Waals surface area contributed by atoms with Crippen LogP contribution in [-0.2, 0) is 13.0 Å². The lowest BCUT2D eigenvalue weighted by Gasteiger charge is -2.12. The topological polar surface area (TPSA) is 68.4 Å². The van der Waals surface area contributed by atoms with Gasteiger partial charge in [0, 0.05) is 12.0 Å². The van der Waals surface area contributed by atoms with Gasteiger partial charge in [0.25, 0.3) is 5.89 Å². The Hall–Kier alpha value is -1.95. The van der Waals surface area contributed by atoms with Crippen LogP contribution in [-0.4, -0.2) is 15.3 Å². The molecule has 0 saturated heterocycles. The van der Waals surface area contributed by atoms with Gasteiger partial charge in [-0.15, -0.1) is 10.2 Å². The Labute approximate surface area is 110 Å². The minimum absolute atomic E-state index is 0.0817. The molecule has 6 heteroatoms. The molecule has 1 N–H and O–H groups in total. The van der Waals surface area contributed by atoms with E-state index in [1.807, 2.05) is 6.92 Å². The molecule has 0 radical (unpaired) electrons. The summed E-state index contributed by atoms with van der Waals surface area (Å²) in [6, 6.07) is 3.98. The lowest BCUT2D eigenvalue weighted by atomic mass is 10.1. The van der Waals surface area contributed by atoms with Gasteiger partial charge in [-0.3, -0.25) is 0 Å². The summed E-state index contributed by atoms with van der Waals surface area (Å²) in [5.41, 5.74) is 0.384. The largest absolute Gasteiger partial charge is 0.483 e. The molecule has 0 saturated carbocycles. The second-order valence-electron chi connectivity index (χ2n) is 4.09. The molecule has 0 aliphatic rings. The van der Waals surface area contributed by atoms with E-state index in [0.717, 1.165) is 0 Å². The lowest BCUT2D eigenvalue weighted by Crippen LogP contribution is -2.02. The van der Waals surface area contributed by atoms with Crippen molar-refractivity contribution in [2.75, 3.05) is 0 Å². The predicted octanol–water partition coefficient (Wildman–Crippen LogP) is 2.40. The van der Waals surface area contributed by atoms with Crippen molar-refractivity contribution in [3.05, 3.63) is 41.4 Å². The fourth-order valence-corrected chi connectivity index (χ4v) is 1.61. The molecule has 0 spiro atoms. The SMILES string of the molecule is CCc1nnc(COc2ccc(F)cc2C(C)O)o1. The van der Waals surface area contributed by atoms with Gasteiger partial charge in [0.15, 0.2) is 6.61 Å². The summed E-state index contributed by atoms with van der Waals surface area (Å²) in [4.78, 5) is 0. The molecular formula is C13H15FN2O3. The van der Waals surface area contributed by atoms with Crippen LogP contribution in [0.15, 0.2) is 22.6 Å². The molecule has 1 heterocycles. The minimum Gasteiger partial charge on any atom is -0.483 e. The van der Waals surface area contributed by atoms with Crippen molar-refractivity contribution < 1.29 is 18.7 Å². The van der Waals surface area contributed by atoms with E-state index in [4.69, 9.17) is 9.15 Å². The van der Waals surface area contributed by atoms with Crippen molar-refractivity contribution >= 4 is 0 Å². The zero-order chi connectivity index (χ0) is 13.8. The van der Waals surface area contributed by atoms with Crippen molar-refractivity contribution in [2.45, 2.75) is 33.0 Å². The van der Waals surface area contributed by atoms with Gasteiger partial charge in [0.1, 0.15) is 11.6 Å². The van der Waals surface area contributed by atoms with Crippen LogP contribution in [0.4, 0.5) is 4.39 Å². The molecule has 1 unspecified atom stereocenters. The Morgan fingerprint density at radius 2 is 2.11 bits per heavy atom. The number of benzene rings is 1. The summed E-state index contributed by atoms with van der Waals surface area (Å²) in [5, 5.41) is 17.2. The number of hydrogen-bond acceptors (Lipinski definition) is 5. The highest BCUT2D eigenvalue weighted by atomic mass is 19.1. The average Bonchev–Trinajstić information content (AvgIpc) is 2.85. The van der Waals surface area contributed by atoms with Crippen LogP contribution < -0.4 is 4.74 Å². The van der Waals surface area contributed by atoms with Crippen molar-refractivity contribution in [3.63, 3.8) is 0 Å². The first-order valence-electron chi connectivity index (χ1n) is 6.01. The van der Waals surface area contributed by atoms with Crippen LogP contribution in [0.2, 0.25) is 0 Å². The summed E-state index contributed by atoms with van der Waals surface area (Å²) in [6.45, 7) is 3.53. The molecule has 19 heavy (non-hydrogen) atoms. The van der Waals surface area contributed by atoms with E-state index in [-0.39, 0.29) is 6.61 Å². The number of hydrogen-bond donors (Lipinski definition) is 1. The Morgan fingerprint density at radius 1 is 1.37 bits per heavy atom. The second-order valence-corrected chi connectivity index (χ2v) is 4.09. The standard InChI is InChI=1S/C13H15FN2O3/c1-3-12-15-16-13(19-12)7-18-11-5-4-9(14)6-10(11)8(2)17/h4-6,8,17H,3,7H2,1-2H3. The summed E-state index contributed by atoms with van der Waals surface area (Å²) >= 11 is 0. The van der Waals surface area contributed by atoms with Gasteiger partial charge in [-0.2, -0.15) is 0 Å². The van der Waals surface area contributed by atoms with Crippen LogP contribution in [0, 0.1) is 5.82 Å². The van der Waals surface area contributed by atoms with E-state index in [9.17, 15) is 9.50 Å². The van der Waals surface area contributed by atoms with Gasteiger partial charge in [-0.05, 0) is 25.1 Å². The Morgan fingerprint density at radius 3 is 2.74 bits per heavy atom. The molecule has 1 aromatic heterocycles. The number of aryl methyl sites for hydroxylation is 1. The summed E-state index contributed by atoms with van der Waals surface area (Å²) in [7, 11) is 0. The molecule has 2 rings (SSSR count). The zero-order valence-electron chi connectivity index (χ0n) is 10.8. The van der Waals surface area contributed by atoms with Gasteiger partial charge < -0.3 is 14.3 Å². The van der Waals surface area contributed by atoms with Gasteiger partial charge in [-0.25, -0.2) is 4.39 Å². The van der Waals surface area contributed by atoms with Crippen molar-refractivity contribution in [1.29, 1.82) is 0 Å². The minimum atomic E-state index is -0.820. The molecule has 0 bridgehead atoms. The summed E-state index contributed by atoms with van der Waals surface area (Å²) < 4.78 is 23.9. The second kappa shape index (κ2) is 5.79. The smallest absolute Gasteiger partial charge is 0.253 e. The molecule has 0 fully saturated rings. The van der Waals surface area contributed by atoms with E-state index < -0.39 is 11.9 Å². The molecule has 102 valence electrons. The first-order chi connectivity index (χ1) is 9.10. The van der Waals surface area contributed by atoms with Crippen LogP contribution in [0.5, 0.6) is 5.75 Å². The van der Waals surface area contributed by atoms with E-state index in [2.05, 4.69) is 10.2 Å². The normalized spacial score (nSPS) is 12.4. The first-order valence-corrected chi connectivity index (χ1v) is 6.01. The Balaban J connectivity index is 2.10. The van der Waals surface area contributed by atoms with Gasteiger partial charge in [0.2, 0.25) is 5.89 Å². The number of halogens is 1. The summed E-state index contributed by atoms with van der Waals surface area (Å²) in [6.07, 6.45) is -0.165. The number of rotatable bonds is 5. The van der Waals surface area contributed by atoms with E-state index in [1.165, 1.54) is 18.2 Å². The number of aliphatic hydroxyl groups excluding tert-OH is 1. The molecule has 1 aromatic carbocycles. The fraction of sp³-hybridized carbons (Fsp3) is 0.385. The monoisotopic (exact) mass is 266 g/mol. The lowest BCUT2D eigenvalue weighted by molar-refractivity contribution is 0.186. The summed E-state index contributed by atoms with van der Waals surface area (Å²) in [5.74, 6) is 0.855. The maximum Gasteiger partial charge on any atom is 0.253 e. The number of aliphatic hydroxyl groups is 1. The number of ether oxygens (including phenoxy) is 1. The quantitative estimate of drug-likeness (QED) is 0.900. The van der Waals surface area contributed by atoms with E-state index in [0.29, 0.717) is 29.5 Å². The van der Waals surface area contributed by atoms with Gasteiger partial charge in [0.05, 0.1) is 6.10 Å². The zero-order valence-corrected chi connectivity index (χ0v) is 10.8. The van der Waals surface area contributed by atoms with Gasteiger partial charge >= 0.3 is 0 Å². The van der Waals surface area contributed by atoms with Crippen molar-refractivity contribution in [3.8, 4) is 5.75 Å². The van der Waals surface area contributed by atoms with Crippen molar-refractivity contribution in [2.24, 2.45) is 0 Å². The molecule has 2 aromatic rings. The highest BCUT2D eigenvalue weighted by molar-refractivity contribution is 5.35. The van der Waals surface area contributed by atoms with Crippen molar-refractivity contribution in [1.82, 2.24) is 10.2 Å². The maximum atomic E-state index is 13.1. The van der Waals surface area contributed by atoms with Crippen LogP contribution in [0.3, 0.4) is 0 Å². The molecule has 0 amide bonds. The molecule has 0 aliphatic heterocycles. The third kappa shape index (κ3) is 3.29. The maximum absolute atomic E-state index is 13.1. The fourth-order valence-electron chi connectivity index (χ4n) is 1.61. The Kier molecular flexibility index (Phi) is 4.11. The third-order valence-corrected chi connectivity index (χ3v) is 2.58. The number of aromatic nitrogens is 2. The Bertz CT molecular complexity index is 555. The molecule has 5 nitrogen and oxygen atoms in total. The highest BCUT2D eigenvalue weighted by Crippen LogP contribution is 2.26. The van der Waals surface area contributed by atoms with Gasteiger partial charge in [-0.1, -0.05) is 6.92 Å². The highest BCUT2D eigenvalue weighted by Gasteiger charge is 2.12. The first kappa shape index (κ1) is 13.5. The van der Waals surface area contributed by atoms with E-state index in [1.54, 1.807) is 6.92 Å². The third-order valence-electron chi connectivity index (χ3n) is 2.58. The molecular weight excluding hydrogens is 251 g/mol. The van der Waals surface area contributed by atoms with E-state index >= 15 is 0 Å². The molecule has 1 atom stereocenters. The average molecular weight is 266 g/mol. The predicted molar refractivity (Wildman–Crippen MR) is 65.0 cm³/mol. The van der Waals surface area contributed by atoms with Crippen LogP contribution in [0.25, 0.3) is 0 Å². The van der Waals surface area contributed by atoms with Crippen LogP contribution >= 0.6 is 0 Å². The van der Waals surface area contributed by atoms with Crippen LogP contribution in [0.1, 0.15) is 37.3 Å².